The number of anilines is 1. The molecule has 0 bridgehead atoms. The zero-order valence-corrected chi connectivity index (χ0v) is 7.54. The molecular formula is C10H14N2. The first kappa shape index (κ1) is 8.78. The number of aromatic nitrogens is 1. The third-order valence-electron chi connectivity index (χ3n) is 1.70. The van der Waals surface area contributed by atoms with Crippen LogP contribution in [0.25, 0.3) is 0 Å². The van der Waals surface area contributed by atoms with E-state index in [9.17, 15) is 0 Å². The lowest BCUT2D eigenvalue weighted by atomic mass is 10.0. The fourth-order valence-electron chi connectivity index (χ4n) is 1.10. The van der Waals surface area contributed by atoms with Gasteiger partial charge in [0.2, 0.25) is 0 Å². The van der Waals surface area contributed by atoms with Crippen molar-refractivity contribution in [3.8, 4) is 0 Å². The molecule has 0 spiro atoms. The highest BCUT2D eigenvalue weighted by atomic mass is 15.0. The van der Waals surface area contributed by atoms with Gasteiger partial charge in [-0.1, -0.05) is 26.5 Å². The van der Waals surface area contributed by atoms with Crippen LogP contribution in [-0.4, -0.2) is 4.98 Å². The van der Waals surface area contributed by atoms with E-state index in [1.165, 1.54) is 5.56 Å². The van der Waals surface area contributed by atoms with Gasteiger partial charge in [0, 0.05) is 6.20 Å². The van der Waals surface area contributed by atoms with Crippen molar-refractivity contribution in [2.75, 3.05) is 5.32 Å². The molecule has 0 amide bonds. The molecule has 0 saturated heterocycles. The molecular weight excluding hydrogens is 148 g/mol. The minimum atomic E-state index is 0.487. The lowest BCUT2D eigenvalue weighted by Gasteiger charge is -2.09. The van der Waals surface area contributed by atoms with Gasteiger partial charge in [-0.05, 0) is 23.7 Å². The van der Waals surface area contributed by atoms with Crippen molar-refractivity contribution in [1.82, 2.24) is 4.98 Å². The van der Waals surface area contributed by atoms with Gasteiger partial charge in [0.25, 0.3) is 0 Å². The van der Waals surface area contributed by atoms with Crippen LogP contribution in [0, 0.1) is 0 Å². The highest BCUT2D eigenvalue weighted by molar-refractivity contribution is 5.47. The van der Waals surface area contributed by atoms with Gasteiger partial charge in [-0.2, -0.15) is 0 Å². The molecule has 0 aliphatic rings. The molecule has 0 aliphatic carbocycles. The van der Waals surface area contributed by atoms with Gasteiger partial charge < -0.3 is 5.32 Å². The number of hydrogen-bond acceptors (Lipinski definition) is 2. The molecule has 0 fully saturated rings. The summed E-state index contributed by atoms with van der Waals surface area (Å²) in [5, 5.41) is 3.01. The summed E-state index contributed by atoms with van der Waals surface area (Å²) in [5.74, 6) is 1.39. The molecule has 2 nitrogen and oxygen atoms in total. The topological polar surface area (TPSA) is 24.9 Å². The van der Waals surface area contributed by atoms with E-state index in [-0.39, 0.29) is 0 Å². The number of pyridine rings is 1. The first-order valence-electron chi connectivity index (χ1n) is 4.08. The van der Waals surface area contributed by atoms with E-state index >= 15 is 0 Å². The Morgan fingerprint density at radius 3 is 2.92 bits per heavy atom. The molecule has 1 rings (SSSR count). The van der Waals surface area contributed by atoms with Crippen LogP contribution in [0.3, 0.4) is 0 Å². The quantitative estimate of drug-likeness (QED) is 0.739. The molecule has 0 unspecified atom stereocenters. The lowest BCUT2D eigenvalue weighted by Crippen LogP contribution is -1.98. The molecule has 0 atom stereocenters. The maximum atomic E-state index is 4.21. The fraction of sp³-hybridized carbons (Fsp3) is 0.300. The minimum absolute atomic E-state index is 0.487. The molecule has 2 heteroatoms. The second-order valence-electron chi connectivity index (χ2n) is 2.94. The maximum Gasteiger partial charge on any atom is 0.133 e. The molecule has 1 aromatic heterocycles. The van der Waals surface area contributed by atoms with Crippen molar-refractivity contribution < 1.29 is 0 Å². The van der Waals surface area contributed by atoms with E-state index in [4.69, 9.17) is 0 Å². The second kappa shape index (κ2) is 3.90. The molecule has 1 aromatic rings. The Hall–Kier alpha value is -1.31. The Morgan fingerprint density at radius 2 is 2.33 bits per heavy atom. The SMILES string of the molecule is C=CNc1ncccc1C(C)C. The molecule has 0 aromatic carbocycles. The van der Waals surface area contributed by atoms with Crippen LogP contribution in [0.2, 0.25) is 0 Å². The standard InChI is InChI=1S/C10H14N2/c1-4-11-10-9(8(2)3)6-5-7-12-10/h4-8H,1H2,2-3H3,(H,11,12). The zero-order chi connectivity index (χ0) is 8.97. The second-order valence-corrected chi connectivity index (χ2v) is 2.94. The van der Waals surface area contributed by atoms with Crippen molar-refractivity contribution in [1.29, 1.82) is 0 Å². The van der Waals surface area contributed by atoms with Crippen molar-refractivity contribution >= 4 is 5.82 Å². The van der Waals surface area contributed by atoms with Crippen molar-refractivity contribution in [3.05, 3.63) is 36.7 Å². The van der Waals surface area contributed by atoms with Gasteiger partial charge in [-0.25, -0.2) is 4.98 Å². The molecule has 0 aliphatic heterocycles. The average molecular weight is 162 g/mol. The predicted octanol–water partition coefficient (Wildman–Crippen LogP) is 2.76. The third kappa shape index (κ3) is 1.84. The highest BCUT2D eigenvalue weighted by Crippen LogP contribution is 2.20. The number of nitrogens with one attached hydrogen (secondary N) is 1. The smallest absolute Gasteiger partial charge is 0.133 e. The van der Waals surface area contributed by atoms with Crippen LogP contribution in [0.1, 0.15) is 25.3 Å². The maximum absolute atomic E-state index is 4.21. The summed E-state index contributed by atoms with van der Waals surface area (Å²) in [6.45, 7) is 7.89. The van der Waals surface area contributed by atoms with Gasteiger partial charge in [0.05, 0.1) is 0 Å². The molecule has 64 valence electrons. The Bertz CT molecular complexity index is 266. The summed E-state index contributed by atoms with van der Waals surface area (Å²) in [6, 6.07) is 4.02. The van der Waals surface area contributed by atoms with E-state index in [2.05, 4.69) is 36.8 Å². The van der Waals surface area contributed by atoms with Crippen LogP contribution >= 0.6 is 0 Å². The predicted molar refractivity (Wildman–Crippen MR) is 52.1 cm³/mol. The van der Waals surface area contributed by atoms with Gasteiger partial charge in [-0.15, -0.1) is 0 Å². The molecule has 12 heavy (non-hydrogen) atoms. The average Bonchev–Trinajstić information content (AvgIpc) is 2.05. The Balaban J connectivity index is 2.99. The molecule has 1 N–H and O–H groups in total. The van der Waals surface area contributed by atoms with Crippen molar-refractivity contribution in [2.45, 2.75) is 19.8 Å². The summed E-state index contributed by atoms with van der Waals surface area (Å²) < 4.78 is 0. The summed E-state index contributed by atoms with van der Waals surface area (Å²) in [6.07, 6.45) is 3.42. The van der Waals surface area contributed by atoms with Gasteiger partial charge in [0.1, 0.15) is 5.82 Å². The van der Waals surface area contributed by atoms with Crippen LogP contribution in [0.15, 0.2) is 31.1 Å². The fourth-order valence-corrected chi connectivity index (χ4v) is 1.10. The van der Waals surface area contributed by atoms with E-state index in [0.29, 0.717) is 5.92 Å². The Labute approximate surface area is 73.3 Å². The van der Waals surface area contributed by atoms with E-state index in [1.807, 2.05) is 6.07 Å². The van der Waals surface area contributed by atoms with Crippen LogP contribution < -0.4 is 5.32 Å². The highest BCUT2D eigenvalue weighted by Gasteiger charge is 2.04. The zero-order valence-electron chi connectivity index (χ0n) is 7.54. The Kier molecular flexibility index (Phi) is 2.86. The summed E-state index contributed by atoms with van der Waals surface area (Å²) in [4.78, 5) is 4.21. The summed E-state index contributed by atoms with van der Waals surface area (Å²) in [5.41, 5.74) is 1.22. The normalized spacial score (nSPS) is 9.92. The molecule has 1 heterocycles. The van der Waals surface area contributed by atoms with Crippen LogP contribution in [0.5, 0.6) is 0 Å². The van der Waals surface area contributed by atoms with Crippen LogP contribution in [-0.2, 0) is 0 Å². The summed E-state index contributed by atoms with van der Waals surface area (Å²) in [7, 11) is 0. The van der Waals surface area contributed by atoms with E-state index in [0.717, 1.165) is 5.82 Å². The first-order chi connectivity index (χ1) is 5.75. The van der Waals surface area contributed by atoms with Gasteiger partial charge in [0.15, 0.2) is 0 Å². The van der Waals surface area contributed by atoms with E-state index < -0.39 is 0 Å². The molecule has 0 saturated carbocycles. The van der Waals surface area contributed by atoms with Crippen molar-refractivity contribution in [2.24, 2.45) is 0 Å². The van der Waals surface area contributed by atoms with E-state index in [1.54, 1.807) is 12.4 Å². The minimum Gasteiger partial charge on any atom is -0.347 e. The number of hydrogen-bond donors (Lipinski definition) is 1. The van der Waals surface area contributed by atoms with Crippen molar-refractivity contribution in [3.63, 3.8) is 0 Å². The lowest BCUT2D eigenvalue weighted by molar-refractivity contribution is 0.861. The van der Waals surface area contributed by atoms with Gasteiger partial charge >= 0.3 is 0 Å². The largest absolute Gasteiger partial charge is 0.347 e. The monoisotopic (exact) mass is 162 g/mol. The first-order valence-corrected chi connectivity index (χ1v) is 4.08. The third-order valence-corrected chi connectivity index (χ3v) is 1.70. The number of nitrogens with zero attached hydrogens (tertiary/aromatic N) is 1. The molecule has 0 radical (unpaired) electrons. The Morgan fingerprint density at radius 1 is 1.58 bits per heavy atom. The number of rotatable bonds is 3. The summed E-state index contributed by atoms with van der Waals surface area (Å²) >= 11 is 0. The van der Waals surface area contributed by atoms with Crippen LogP contribution in [0.4, 0.5) is 5.82 Å². The van der Waals surface area contributed by atoms with Gasteiger partial charge in [-0.3, -0.25) is 0 Å².